The van der Waals surface area contributed by atoms with Crippen LogP contribution in [0.4, 0.5) is 0 Å². The number of carbonyl (C=O) groups excluding carboxylic acids is 1. The summed E-state index contributed by atoms with van der Waals surface area (Å²) >= 11 is 5.15. The standard InChI is InChI=1S/C12H17N3OS/c1-13-8-4-5-9(13)6-7-10-11(16)15(3)12(17)14(10)2/h6-7H,4-5,8H2,1-3H3/p+1/b9-6-,10-7-. The Balaban J connectivity index is 2.23. The summed E-state index contributed by atoms with van der Waals surface area (Å²) in [5, 5.41) is 0.562. The molecule has 1 unspecified atom stereocenters. The second-order valence-electron chi connectivity index (χ2n) is 4.58. The van der Waals surface area contributed by atoms with Gasteiger partial charge in [0.05, 0.1) is 13.6 Å². The third-order valence-electron chi connectivity index (χ3n) is 3.45. The summed E-state index contributed by atoms with van der Waals surface area (Å²) in [6.45, 7) is 1.18. The van der Waals surface area contributed by atoms with E-state index >= 15 is 0 Å². The summed E-state index contributed by atoms with van der Waals surface area (Å²) in [5.74, 6) is -0.0231. The van der Waals surface area contributed by atoms with Crippen LogP contribution in [-0.4, -0.2) is 48.5 Å². The molecule has 2 saturated heterocycles. The summed E-state index contributed by atoms with van der Waals surface area (Å²) in [5.41, 5.74) is 2.02. The lowest BCUT2D eigenvalue weighted by Gasteiger charge is -2.10. The maximum atomic E-state index is 11.9. The average Bonchev–Trinajstić information content (AvgIpc) is 2.78. The number of carbonyl (C=O) groups is 1. The first-order chi connectivity index (χ1) is 8.02. The first kappa shape index (κ1) is 12.3. The maximum Gasteiger partial charge on any atom is 0.276 e. The van der Waals surface area contributed by atoms with Crippen LogP contribution in [-0.2, 0) is 4.79 Å². The number of rotatable bonds is 1. The highest BCUT2D eigenvalue weighted by Gasteiger charge is 2.32. The highest BCUT2D eigenvalue weighted by molar-refractivity contribution is 7.80. The van der Waals surface area contributed by atoms with E-state index in [2.05, 4.69) is 13.1 Å². The number of nitrogens with one attached hydrogen (secondary N) is 1. The molecule has 0 radical (unpaired) electrons. The van der Waals surface area contributed by atoms with Crippen molar-refractivity contribution in [3.05, 3.63) is 23.5 Å². The lowest BCUT2D eigenvalue weighted by molar-refractivity contribution is -0.828. The first-order valence-corrected chi connectivity index (χ1v) is 6.22. The lowest BCUT2D eigenvalue weighted by Crippen LogP contribution is -3.04. The molecular formula is C12H18N3OS+. The van der Waals surface area contributed by atoms with Crippen LogP contribution in [0.25, 0.3) is 0 Å². The fourth-order valence-electron chi connectivity index (χ4n) is 2.24. The van der Waals surface area contributed by atoms with Crippen molar-refractivity contribution in [2.75, 3.05) is 27.7 Å². The van der Waals surface area contributed by atoms with Crippen LogP contribution >= 0.6 is 12.2 Å². The number of likely N-dealkylation sites (tertiary alicyclic amines) is 1. The zero-order valence-corrected chi connectivity index (χ0v) is 11.3. The Hall–Kier alpha value is -1.20. The van der Waals surface area contributed by atoms with E-state index in [1.807, 2.05) is 13.1 Å². The molecule has 1 amide bonds. The molecule has 1 atom stereocenters. The van der Waals surface area contributed by atoms with E-state index in [0.717, 1.165) is 6.42 Å². The van der Waals surface area contributed by atoms with E-state index in [9.17, 15) is 4.79 Å². The smallest absolute Gasteiger partial charge is 0.276 e. The monoisotopic (exact) mass is 252 g/mol. The van der Waals surface area contributed by atoms with E-state index in [-0.39, 0.29) is 5.91 Å². The van der Waals surface area contributed by atoms with Gasteiger partial charge in [0.2, 0.25) is 0 Å². The highest BCUT2D eigenvalue weighted by Crippen LogP contribution is 2.18. The minimum Gasteiger partial charge on any atom is -0.317 e. The summed E-state index contributed by atoms with van der Waals surface area (Å²) in [4.78, 5) is 16.6. The minimum atomic E-state index is -0.0231. The molecule has 0 aliphatic carbocycles. The van der Waals surface area contributed by atoms with Crippen LogP contribution in [0.15, 0.2) is 23.5 Å². The quantitative estimate of drug-likeness (QED) is 0.515. The molecule has 2 heterocycles. The summed E-state index contributed by atoms with van der Waals surface area (Å²) < 4.78 is 0. The fourth-order valence-corrected chi connectivity index (χ4v) is 2.42. The molecule has 0 aromatic carbocycles. The maximum absolute atomic E-state index is 11.9. The number of thiocarbonyl (C=S) groups is 1. The molecule has 0 bridgehead atoms. The number of hydrogen-bond donors (Lipinski definition) is 1. The van der Waals surface area contributed by atoms with Crippen molar-refractivity contribution in [2.24, 2.45) is 0 Å². The third-order valence-corrected chi connectivity index (χ3v) is 4.00. The van der Waals surface area contributed by atoms with Gasteiger partial charge in [-0.1, -0.05) is 0 Å². The van der Waals surface area contributed by atoms with Crippen molar-refractivity contribution in [3.8, 4) is 0 Å². The van der Waals surface area contributed by atoms with Gasteiger partial charge >= 0.3 is 0 Å². The van der Waals surface area contributed by atoms with Gasteiger partial charge in [0.1, 0.15) is 11.4 Å². The molecule has 17 heavy (non-hydrogen) atoms. The van der Waals surface area contributed by atoms with Crippen molar-refractivity contribution < 1.29 is 9.69 Å². The Bertz CT molecular complexity index is 427. The topological polar surface area (TPSA) is 28.0 Å². The van der Waals surface area contributed by atoms with Gasteiger partial charge in [-0.15, -0.1) is 0 Å². The van der Waals surface area contributed by atoms with Crippen molar-refractivity contribution in [3.63, 3.8) is 0 Å². The molecule has 0 aromatic rings. The van der Waals surface area contributed by atoms with E-state index in [1.165, 1.54) is 28.5 Å². The van der Waals surface area contributed by atoms with Gasteiger partial charge in [0, 0.05) is 26.9 Å². The fraction of sp³-hybridized carbons (Fsp3) is 0.500. The molecule has 4 nitrogen and oxygen atoms in total. The van der Waals surface area contributed by atoms with Crippen molar-refractivity contribution in [2.45, 2.75) is 12.8 Å². The molecule has 2 aliphatic heterocycles. The van der Waals surface area contributed by atoms with Crippen molar-refractivity contribution >= 4 is 23.2 Å². The molecule has 5 heteroatoms. The molecular weight excluding hydrogens is 234 g/mol. The van der Waals surface area contributed by atoms with Gasteiger partial charge in [-0.3, -0.25) is 9.69 Å². The number of allylic oxidation sites excluding steroid dienone is 3. The molecule has 0 spiro atoms. The predicted octanol–water partition coefficient (Wildman–Crippen LogP) is -0.249. The Morgan fingerprint density at radius 3 is 2.47 bits per heavy atom. The summed E-state index contributed by atoms with van der Waals surface area (Å²) in [6.07, 6.45) is 6.30. The lowest BCUT2D eigenvalue weighted by atomic mass is 10.2. The molecule has 1 N–H and O–H groups in total. The molecule has 2 aliphatic rings. The van der Waals surface area contributed by atoms with Gasteiger partial charge < -0.3 is 9.80 Å². The normalized spacial score (nSPS) is 30.2. The number of likely N-dealkylation sites (N-methyl/N-ethyl adjacent to an activating group) is 2. The zero-order chi connectivity index (χ0) is 12.6. The van der Waals surface area contributed by atoms with Gasteiger partial charge in [-0.05, 0) is 24.4 Å². The van der Waals surface area contributed by atoms with Crippen LogP contribution in [0.1, 0.15) is 12.8 Å². The Morgan fingerprint density at radius 2 is 2.00 bits per heavy atom. The van der Waals surface area contributed by atoms with Crippen molar-refractivity contribution in [1.82, 2.24) is 9.80 Å². The van der Waals surface area contributed by atoms with Crippen molar-refractivity contribution in [1.29, 1.82) is 0 Å². The molecule has 0 saturated carbocycles. The van der Waals surface area contributed by atoms with Crippen LogP contribution in [0.3, 0.4) is 0 Å². The van der Waals surface area contributed by atoms with Gasteiger partial charge in [-0.2, -0.15) is 0 Å². The second kappa shape index (κ2) is 4.58. The molecule has 0 aromatic heterocycles. The minimum absolute atomic E-state index is 0.0231. The van der Waals surface area contributed by atoms with E-state index < -0.39 is 0 Å². The van der Waals surface area contributed by atoms with Crippen LogP contribution in [0.5, 0.6) is 0 Å². The van der Waals surface area contributed by atoms with Crippen LogP contribution in [0, 0.1) is 0 Å². The SMILES string of the molecule is CN1C(=O)/C(=C/C=C2/CCC[NH+]2C)N(C)C1=S. The number of nitrogens with zero attached hydrogens (tertiary/aromatic N) is 2. The first-order valence-electron chi connectivity index (χ1n) is 5.81. The van der Waals surface area contributed by atoms with E-state index in [4.69, 9.17) is 12.2 Å². The average molecular weight is 252 g/mol. The van der Waals surface area contributed by atoms with Crippen LogP contribution in [0.2, 0.25) is 0 Å². The third kappa shape index (κ3) is 2.12. The Morgan fingerprint density at radius 1 is 1.29 bits per heavy atom. The van der Waals surface area contributed by atoms with Gasteiger partial charge in [-0.25, -0.2) is 0 Å². The van der Waals surface area contributed by atoms with Crippen LogP contribution < -0.4 is 4.90 Å². The van der Waals surface area contributed by atoms with E-state index in [0.29, 0.717) is 10.8 Å². The molecule has 2 rings (SSSR count). The second-order valence-corrected chi connectivity index (χ2v) is 4.95. The van der Waals surface area contributed by atoms with E-state index in [1.54, 1.807) is 11.9 Å². The Kier molecular flexibility index (Phi) is 3.31. The molecule has 92 valence electrons. The number of hydrogen-bond acceptors (Lipinski definition) is 2. The zero-order valence-electron chi connectivity index (χ0n) is 10.5. The number of amides is 1. The number of quaternary nitrogens is 1. The predicted molar refractivity (Wildman–Crippen MR) is 70.3 cm³/mol. The summed E-state index contributed by atoms with van der Waals surface area (Å²) in [7, 11) is 5.70. The highest BCUT2D eigenvalue weighted by atomic mass is 32.1. The molecule has 2 fully saturated rings. The largest absolute Gasteiger partial charge is 0.317 e. The summed E-state index contributed by atoms with van der Waals surface area (Å²) in [6, 6.07) is 0. The van der Waals surface area contributed by atoms with Gasteiger partial charge in [0.25, 0.3) is 5.91 Å². The Labute approximate surface area is 107 Å². The van der Waals surface area contributed by atoms with Gasteiger partial charge in [0.15, 0.2) is 5.11 Å².